The molecule has 0 saturated carbocycles. The average molecular weight is 367 g/mol. The maximum absolute atomic E-state index is 13.0. The van der Waals surface area contributed by atoms with Crippen LogP contribution in [0.1, 0.15) is 68.2 Å². The van der Waals surface area contributed by atoms with Crippen LogP contribution < -0.4 is 0 Å². The fraction of sp³-hybridized carbons (Fsp3) is 0.500. The highest BCUT2D eigenvalue weighted by molar-refractivity contribution is 5.82. The summed E-state index contributed by atoms with van der Waals surface area (Å²) >= 11 is 0. The normalized spacial score (nSPS) is 17.8. The molecule has 0 spiro atoms. The maximum atomic E-state index is 13.0. The van der Waals surface area contributed by atoms with Crippen molar-refractivity contribution in [2.24, 2.45) is 0 Å². The van der Waals surface area contributed by atoms with Crippen LogP contribution in [0.3, 0.4) is 0 Å². The Bertz CT molecular complexity index is 958. The molecular weight excluding hydrogens is 342 g/mol. The number of carbonyl (C=O) groups is 1. The molecular formula is C20H25N5O2. The van der Waals surface area contributed by atoms with Crippen molar-refractivity contribution in [2.75, 3.05) is 6.54 Å². The van der Waals surface area contributed by atoms with E-state index in [1.54, 1.807) is 0 Å². The molecule has 1 aromatic carbocycles. The SMILES string of the molecule is Cc1nc2ccc(CC(=O)N3CCCCC3c3nc(C(C)C)no3)cc2[nH]1. The first-order chi connectivity index (χ1) is 13.0. The summed E-state index contributed by atoms with van der Waals surface area (Å²) in [5, 5.41) is 4.07. The van der Waals surface area contributed by atoms with Gasteiger partial charge in [-0.2, -0.15) is 4.98 Å². The van der Waals surface area contributed by atoms with E-state index in [4.69, 9.17) is 4.52 Å². The number of aromatic nitrogens is 4. The third kappa shape index (κ3) is 3.59. The Morgan fingerprint density at radius 1 is 1.33 bits per heavy atom. The number of aryl methyl sites for hydroxylation is 1. The molecule has 0 bridgehead atoms. The van der Waals surface area contributed by atoms with Gasteiger partial charge in [0.05, 0.1) is 17.5 Å². The van der Waals surface area contributed by atoms with Crippen LogP contribution in [0.4, 0.5) is 0 Å². The molecule has 0 radical (unpaired) electrons. The van der Waals surface area contributed by atoms with Crippen LogP contribution in [-0.2, 0) is 11.2 Å². The minimum atomic E-state index is -0.121. The molecule has 27 heavy (non-hydrogen) atoms. The highest BCUT2D eigenvalue weighted by Crippen LogP contribution is 2.31. The van der Waals surface area contributed by atoms with Gasteiger partial charge in [0, 0.05) is 12.5 Å². The number of carbonyl (C=O) groups excluding carboxylic acids is 1. The lowest BCUT2D eigenvalue weighted by molar-refractivity contribution is -0.135. The Morgan fingerprint density at radius 2 is 2.19 bits per heavy atom. The Hall–Kier alpha value is -2.70. The molecule has 142 valence electrons. The highest BCUT2D eigenvalue weighted by atomic mass is 16.5. The van der Waals surface area contributed by atoms with E-state index in [9.17, 15) is 4.79 Å². The molecule has 3 aromatic rings. The van der Waals surface area contributed by atoms with E-state index in [-0.39, 0.29) is 17.9 Å². The molecule has 1 aliphatic rings. The van der Waals surface area contributed by atoms with E-state index in [0.717, 1.165) is 48.2 Å². The second-order valence-corrected chi connectivity index (χ2v) is 7.59. The first kappa shape index (κ1) is 17.7. The molecule has 3 heterocycles. The number of aromatic amines is 1. The first-order valence-electron chi connectivity index (χ1n) is 9.59. The lowest BCUT2D eigenvalue weighted by Gasteiger charge is -2.33. The zero-order valence-electron chi connectivity index (χ0n) is 16.0. The summed E-state index contributed by atoms with van der Waals surface area (Å²) in [5.41, 5.74) is 2.87. The Kier molecular flexibility index (Phi) is 4.68. The van der Waals surface area contributed by atoms with Gasteiger partial charge in [-0.05, 0) is 43.9 Å². The lowest BCUT2D eigenvalue weighted by Crippen LogP contribution is -2.39. The number of imidazole rings is 1. The van der Waals surface area contributed by atoms with Gasteiger partial charge in [-0.15, -0.1) is 0 Å². The van der Waals surface area contributed by atoms with Gasteiger partial charge in [0.1, 0.15) is 11.9 Å². The number of rotatable bonds is 4. The quantitative estimate of drug-likeness (QED) is 0.760. The summed E-state index contributed by atoms with van der Waals surface area (Å²) in [6, 6.07) is 5.82. The van der Waals surface area contributed by atoms with Crippen molar-refractivity contribution in [3.63, 3.8) is 0 Å². The number of benzene rings is 1. The van der Waals surface area contributed by atoms with Crippen molar-refractivity contribution in [1.82, 2.24) is 25.0 Å². The average Bonchev–Trinajstić information content (AvgIpc) is 3.27. The van der Waals surface area contributed by atoms with Gasteiger partial charge in [-0.25, -0.2) is 4.98 Å². The minimum Gasteiger partial charge on any atom is -0.342 e. The number of piperidine rings is 1. The van der Waals surface area contributed by atoms with Crippen LogP contribution in [0.15, 0.2) is 22.7 Å². The number of fused-ring (bicyclic) bond motifs is 1. The van der Waals surface area contributed by atoms with Gasteiger partial charge in [0.25, 0.3) is 0 Å². The van der Waals surface area contributed by atoms with Gasteiger partial charge in [-0.3, -0.25) is 4.79 Å². The largest absolute Gasteiger partial charge is 0.342 e. The fourth-order valence-electron chi connectivity index (χ4n) is 3.67. The van der Waals surface area contributed by atoms with Crippen LogP contribution in [0, 0.1) is 6.92 Å². The molecule has 1 aliphatic heterocycles. The van der Waals surface area contributed by atoms with Crippen LogP contribution in [0.5, 0.6) is 0 Å². The predicted octanol–water partition coefficient (Wildman–Crippen LogP) is 3.67. The van der Waals surface area contributed by atoms with Gasteiger partial charge >= 0.3 is 0 Å². The number of hydrogen-bond donors (Lipinski definition) is 1. The van der Waals surface area contributed by atoms with Gasteiger partial charge in [-0.1, -0.05) is 25.1 Å². The molecule has 7 nitrogen and oxygen atoms in total. The summed E-state index contributed by atoms with van der Waals surface area (Å²) in [6.45, 7) is 6.73. The monoisotopic (exact) mass is 367 g/mol. The topological polar surface area (TPSA) is 87.9 Å². The third-order valence-corrected chi connectivity index (χ3v) is 5.10. The first-order valence-corrected chi connectivity index (χ1v) is 9.59. The lowest BCUT2D eigenvalue weighted by atomic mass is 10.0. The van der Waals surface area contributed by atoms with E-state index >= 15 is 0 Å². The zero-order chi connectivity index (χ0) is 19.0. The van der Waals surface area contributed by atoms with Crippen LogP contribution in [-0.4, -0.2) is 37.5 Å². The molecule has 0 aliphatic carbocycles. The van der Waals surface area contributed by atoms with Crippen molar-refractivity contribution in [3.05, 3.63) is 41.3 Å². The number of amides is 1. The summed E-state index contributed by atoms with van der Waals surface area (Å²) in [7, 11) is 0. The molecule has 4 rings (SSSR count). The summed E-state index contributed by atoms with van der Waals surface area (Å²) in [6.07, 6.45) is 3.29. The fourth-order valence-corrected chi connectivity index (χ4v) is 3.67. The number of hydrogen-bond acceptors (Lipinski definition) is 5. The van der Waals surface area contributed by atoms with E-state index < -0.39 is 0 Å². The van der Waals surface area contributed by atoms with Crippen LogP contribution >= 0.6 is 0 Å². The smallest absolute Gasteiger partial charge is 0.249 e. The molecule has 1 atom stereocenters. The molecule has 1 N–H and O–H groups in total. The number of nitrogens with zero attached hydrogens (tertiary/aromatic N) is 4. The van der Waals surface area contributed by atoms with Crippen molar-refractivity contribution < 1.29 is 9.32 Å². The van der Waals surface area contributed by atoms with E-state index in [1.165, 1.54) is 0 Å². The van der Waals surface area contributed by atoms with E-state index in [2.05, 4.69) is 20.1 Å². The van der Waals surface area contributed by atoms with Crippen molar-refractivity contribution >= 4 is 16.9 Å². The number of likely N-dealkylation sites (tertiary alicyclic amines) is 1. The molecule has 1 fully saturated rings. The maximum Gasteiger partial charge on any atom is 0.249 e. The summed E-state index contributed by atoms with van der Waals surface area (Å²) in [5.74, 6) is 2.44. The molecule has 1 unspecified atom stereocenters. The molecule has 7 heteroatoms. The van der Waals surface area contributed by atoms with Crippen molar-refractivity contribution in [1.29, 1.82) is 0 Å². The molecule has 2 aromatic heterocycles. The van der Waals surface area contributed by atoms with Gasteiger partial charge in [0.2, 0.25) is 11.8 Å². The zero-order valence-corrected chi connectivity index (χ0v) is 16.0. The number of H-pyrrole nitrogens is 1. The standard InChI is InChI=1S/C20H25N5O2/c1-12(2)19-23-20(27-24-19)17-6-4-5-9-25(17)18(26)11-14-7-8-15-16(10-14)22-13(3)21-15/h7-8,10,12,17H,4-6,9,11H2,1-3H3,(H,21,22). The summed E-state index contributed by atoms with van der Waals surface area (Å²) in [4.78, 5) is 27.1. The van der Waals surface area contributed by atoms with Crippen molar-refractivity contribution in [3.8, 4) is 0 Å². The predicted molar refractivity (Wildman–Crippen MR) is 101 cm³/mol. The minimum absolute atomic E-state index is 0.0968. The van der Waals surface area contributed by atoms with Crippen LogP contribution in [0.2, 0.25) is 0 Å². The Balaban J connectivity index is 1.53. The third-order valence-electron chi connectivity index (χ3n) is 5.10. The molecule has 1 saturated heterocycles. The van der Waals surface area contributed by atoms with E-state index in [0.29, 0.717) is 18.1 Å². The van der Waals surface area contributed by atoms with Gasteiger partial charge in [0.15, 0.2) is 5.82 Å². The van der Waals surface area contributed by atoms with Crippen LogP contribution in [0.25, 0.3) is 11.0 Å². The Labute approximate surface area is 158 Å². The highest BCUT2D eigenvalue weighted by Gasteiger charge is 2.32. The number of nitrogens with one attached hydrogen (secondary N) is 1. The Morgan fingerprint density at radius 3 is 2.96 bits per heavy atom. The van der Waals surface area contributed by atoms with Gasteiger partial charge < -0.3 is 14.4 Å². The molecule has 1 amide bonds. The second-order valence-electron chi connectivity index (χ2n) is 7.59. The summed E-state index contributed by atoms with van der Waals surface area (Å²) < 4.78 is 5.49. The van der Waals surface area contributed by atoms with Crippen molar-refractivity contribution in [2.45, 2.75) is 58.4 Å². The second kappa shape index (κ2) is 7.13. The van der Waals surface area contributed by atoms with E-state index in [1.807, 2.05) is 43.9 Å².